The van der Waals surface area contributed by atoms with Gasteiger partial charge < -0.3 is 4.98 Å². The molecule has 3 rings (SSSR count). The summed E-state index contributed by atoms with van der Waals surface area (Å²) in [5.74, 6) is 0. The second-order valence-corrected chi connectivity index (χ2v) is 6.82. The number of nitrogens with one attached hydrogen (secondary N) is 1. The summed E-state index contributed by atoms with van der Waals surface area (Å²) in [5.41, 5.74) is 4.37. The Balaban J connectivity index is 2.01. The molecule has 0 amide bonds. The van der Waals surface area contributed by atoms with E-state index in [-0.39, 0.29) is 5.43 Å². The van der Waals surface area contributed by atoms with Gasteiger partial charge >= 0.3 is 0 Å². The largest absolute Gasteiger partial charge is 0.358 e. The zero-order valence-electron chi connectivity index (χ0n) is 14.6. The van der Waals surface area contributed by atoms with E-state index in [1.807, 2.05) is 13.0 Å². The van der Waals surface area contributed by atoms with Crippen molar-refractivity contribution in [3.8, 4) is 0 Å². The van der Waals surface area contributed by atoms with Crippen LogP contribution in [0.25, 0.3) is 10.9 Å². The maximum atomic E-state index is 13.0. The highest BCUT2D eigenvalue weighted by Gasteiger charge is 2.22. The fourth-order valence-electron chi connectivity index (χ4n) is 3.84. The normalized spacial score (nSPS) is 19.3. The number of aromatic nitrogens is 1. The van der Waals surface area contributed by atoms with Crippen LogP contribution in [0.2, 0.25) is 0 Å². The number of rotatable bonds is 4. The summed E-state index contributed by atoms with van der Waals surface area (Å²) in [5, 5.41) is 0.843. The van der Waals surface area contributed by atoms with E-state index in [9.17, 15) is 4.79 Å². The second-order valence-electron chi connectivity index (χ2n) is 6.82. The number of likely N-dealkylation sites (tertiary alicyclic amines) is 1. The molecular formula is C20H28N2O. The Morgan fingerprint density at radius 2 is 2.09 bits per heavy atom. The summed E-state index contributed by atoms with van der Waals surface area (Å²) in [6, 6.07) is 6.84. The molecule has 1 aliphatic heterocycles. The number of aryl methyl sites for hydroxylation is 2. The third-order valence-corrected chi connectivity index (χ3v) is 5.37. The van der Waals surface area contributed by atoms with E-state index in [1.54, 1.807) is 0 Å². The molecule has 1 aliphatic rings. The summed E-state index contributed by atoms with van der Waals surface area (Å²) in [4.78, 5) is 19.0. The van der Waals surface area contributed by atoms with Crippen molar-refractivity contribution in [1.82, 2.24) is 9.88 Å². The molecule has 1 saturated heterocycles. The average Bonchev–Trinajstić information content (AvgIpc) is 2.58. The number of H-pyrrole nitrogens is 1. The van der Waals surface area contributed by atoms with Gasteiger partial charge in [0.1, 0.15) is 0 Å². The Kier molecular flexibility index (Phi) is 4.86. The number of pyridine rings is 1. The molecule has 0 radical (unpaired) electrons. The van der Waals surface area contributed by atoms with Crippen LogP contribution >= 0.6 is 0 Å². The van der Waals surface area contributed by atoms with E-state index in [2.05, 4.69) is 35.9 Å². The van der Waals surface area contributed by atoms with E-state index in [0.29, 0.717) is 6.04 Å². The minimum absolute atomic E-state index is 0.215. The molecule has 124 valence electrons. The van der Waals surface area contributed by atoms with Crippen LogP contribution in [0.5, 0.6) is 0 Å². The molecular weight excluding hydrogens is 284 g/mol. The van der Waals surface area contributed by atoms with Crippen LogP contribution < -0.4 is 5.43 Å². The number of aromatic amines is 1. The third kappa shape index (κ3) is 3.20. The lowest BCUT2D eigenvalue weighted by molar-refractivity contribution is 0.135. The number of hydrogen-bond donors (Lipinski definition) is 1. The molecule has 2 aromatic rings. The predicted octanol–water partition coefficient (Wildman–Crippen LogP) is 4.16. The van der Waals surface area contributed by atoms with Crippen LogP contribution in [0.4, 0.5) is 0 Å². The monoisotopic (exact) mass is 312 g/mol. The molecule has 1 N–H and O–H groups in total. The summed E-state index contributed by atoms with van der Waals surface area (Å²) in [7, 11) is 0. The highest BCUT2D eigenvalue weighted by molar-refractivity contribution is 5.80. The molecule has 1 aromatic carbocycles. The summed E-state index contributed by atoms with van der Waals surface area (Å²) in [6.45, 7) is 8.32. The Morgan fingerprint density at radius 3 is 2.83 bits per heavy atom. The molecule has 1 atom stereocenters. The van der Waals surface area contributed by atoms with Gasteiger partial charge in [0.25, 0.3) is 0 Å². The first-order valence-corrected chi connectivity index (χ1v) is 9.02. The third-order valence-electron chi connectivity index (χ3n) is 5.37. The van der Waals surface area contributed by atoms with Crippen molar-refractivity contribution in [3.63, 3.8) is 0 Å². The van der Waals surface area contributed by atoms with Crippen molar-refractivity contribution in [3.05, 3.63) is 45.2 Å². The SMILES string of the molecule is CCc1ccc2[nH]c(C)c(CN3CCCC[C@@H]3CC)c(=O)c2c1. The number of hydrogen-bond acceptors (Lipinski definition) is 2. The predicted molar refractivity (Wildman–Crippen MR) is 97.0 cm³/mol. The Hall–Kier alpha value is -1.61. The molecule has 2 heterocycles. The molecule has 23 heavy (non-hydrogen) atoms. The maximum Gasteiger partial charge on any atom is 0.194 e. The van der Waals surface area contributed by atoms with E-state index in [0.717, 1.165) is 41.7 Å². The molecule has 0 saturated carbocycles. The summed E-state index contributed by atoms with van der Waals surface area (Å²) < 4.78 is 0. The number of nitrogens with zero attached hydrogens (tertiary/aromatic N) is 1. The standard InChI is InChI=1S/C20H28N2O/c1-4-15-9-10-19-17(12-15)20(23)18(14(3)21-19)13-22-11-7-6-8-16(22)5-2/h9-10,12,16H,4-8,11,13H2,1-3H3,(H,21,23)/t16-/m0/s1. The van der Waals surface area contributed by atoms with E-state index >= 15 is 0 Å². The van der Waals surface area contributed by atoms with Crippen LogP contribution in [0.1, 0.15) is 56.4 Å². The molecule has 0 spiro atoms. The van der Waals surface area contributed by atoms with Crippen molar-refractivity contribution in [2.24, 2.45) is 0 Å². The fraction of sp³-hybridized carbons (Fsp3) is 0.550. The summed E-state index contributed by atoms with van der Waals surface area (Å²) in [6.07, 6.45) is 5.97. The highest BCUT2D eigenvalue weighted by atomic mass is 16.1. The zero-order valence-corrected chi connectivity index (χ0v) is 14.6. The zero-order chi connectivity index (χ0) is 16.4. The first-order chi connectivity index (χ1) is 11.1. The summed E-state index contributed by atoms with van der Waals surface area (Å²) >= 11 is 0. The van der Waals surface area contributed by atoms with Crippen LogP contribution in [0.15, 0.2) is 23.0 Å². The van der Waals surface area contributed by atoms with Gasteiger partial charge in [-0.15, -0.1) is 0 Å². The van der Waals surface area contributed by atoms with Gasteiger partial charge in [-0.05, 0) is 56.8 Å². The molecule has 3 nitrogen and oxygen atoms in total. The van der Waals surface area contributed by atoms with Crippen molar-refractivity contribution in [1.29, 1.82) is 0 Å². The first kappa shape index (κ1) is 16.3. The molecule has 1 aromatic heterocycles. The Labute approximate surface area is 138 Å². The van der Waals surface area contributed by atoms with Gasteiger partial charge in [-0.25, -0.2) is 0 Å². The van der Waals surface area contributed by atoms with Gasteiger partial charge in [0.2, 0.25) is 0 Å². The lowest BCUT2D eigenvalue weighted by Crippen LogP contribution is -2.39. The smallest absolute Gasteiger partial charge is 0.194 e. The van der Waals surface area contributed by atoms with E-state index in [4.69, 9.17) is 0 Å². The van der Waals surface area contributed by atoms with Gasteiger partial charge in [-0.2, -0.15) is 0 Å². The Morgan fingerprint density at radius 1 is 1.26 bits per heavy atom. The van der Waals surface area contributed by atoms with Gasteiger partial charge in [0, 0.05) is 34.7 Å². The quantitative estimate of drug-likeness (QED) is 0.920. The minimum atomic E-state index is 0.215. The second kappa shape index (κ2) is 6.88. The van der Waals surface area contributed by atoms with Gasteiger partial charge in [0.05, 0.1) is 0 Å². The number of benzene rings is 1. The average molecular weight is 312 g/mol. The lowest BCUT2D eigenvalue weighted by Gasteiger charge is -2.35. The van der Waals surface area contributed by atoms with Crippen molar-refractivity contribution < 1.29 is 0 Å². The van der Waals surface area contributed by atoms with Gasteiger partial charge in [-0.1, -0.05) is 26.3 Å². The molecule has 0 bridgehead atoms. The Bertz CT molecular complexity index is 747. The van der Waals surface area contributed by atoms with E-state index in [1.165, 1.54) is 31.2 Å². The van der Waals surface area contributed by atoms with Crippen molar-refractivity contribution in [2.45, 2.75) is 65.5 Å². The highest BCUT2D eigenvalue weighted by Crippen LogP contribution is 2.22. The topological polar surface area (TPSA) is 36.1 Å². The number of fused-ring (bicyclic) bond motifs is 1. The first-order valence-electron chi connectivity index (χ1n) is 9.02. The molecule has 1 fully saturated rings. The maximum absolute atomic E-state index is 13.0. The number of piperidine rings is 1. The van der Waals surface area contributed by atoms with Crippen molar-refractivity contribution in [2.75, 3.05) is 6.54 Å². The van der Waals surface area contributed by atoms with Crippen LogP contribution in [-0.2, 0) is 13.0 Å². The minimum Gasteiger partial charge on any atom is -0.358 e. The molecule has 0 aliphatic carbocycles. The van der Waals surface area contributed by atoms with Gasteiger partial charge in [0.15, 0.2) is 5.43 Å². The molecule has 0 unspecified atom stereocenters. The van der Waals surface area contributed by atoms with Crippen LogP contribution in [0, 0.1) is 6.92 Å². The van der Waals surface area contributed by atoms with Gasteiger partial charge in [-0.3, -0.25) is 9.69 Å². The fourth-order valence-corrected chi connectivity index (χ4v) is 3.84. The lowest BCUT2D eigenvalue weighted by atomic mass is 9.98. The molecule has 3 heteroatoms. The van der Waals surface area contributed by atoms with Crippen LogP contribution in [0.3, 0.4) is 0 Å². The van der Waals surface area contributed by atoms with Crippen molar-refractivity contribution >= 4 is 10.9 Å². The van der Waals surface area contributed by atoms with E-state index < -0.39 is 0 Å². The van der Waals surface area contributed by atoms with Crippen LogP contribution in [-0.4, -0.2) is 22.5 Å².